The molecule has 2 atom stereocenters. The number of para-hydroxylation sites is 1. The molecule has 0 radical (unpaired) electrons. The molecule has 1 aliphatic rings. The third-order valence-electron chi connectivity index (χ3n) is 4.31. The fraction of sp³-hybridized carbons (Fsp3) is 0.600. The predicted molar refractivity (Wildman–Crippen MR) is 82.8 cm³/mol. The number of nitrogens with zero attached hydrogens (tertiary/aromatic N) is 1. The zero-order valence-corrected chi connectivity index (χ0v) is 13.1. The van der Waals surface area contributed by atoms with E-state index in [0.717, 1.165) is 18.5 Å². The molecule has 0 aliphatic heterocycles. The monoisotopic (exact) mass is 296 g/mol. The van der Waals surface area contributed by atoms with E-state index >= 15 is 0 Å². The fourth-order valence-corrected chi connectivity index (χ4v) is 4.13. The normalized spacial score (nSPS) is 23.6. The molecule has 0 aromatic heterocycles. The van der Waals surface area contributed by atoms with Gasteiger partial charge in [-0.1, -0.05) is 25.0 Å². The smallest absolute Gasteiger partial charge is 0.177 e. The van der Waals surface area contributed by atoms with Crippen molar-refractivity contribution >= 4 is 15.5 Å². The first kappa shape index (κ1) is 15.3. The minimum atomic E-state index is -3.21. The van der Waals surface area contributed by atoms with Crippen LogP contribution in [-0.2, 0) is 9.84 Å². The molecule has 1 aromatic carbocycles. The summed E-state index contributed by atoms with van der Waals surface area (Å²) in [6, 6.07) is 7.56. The Morgan fingerprint density at radius 2 is 1.90 bits per heavy atom. The van der Waals surface area contributed by atoms with Crippen LogP contribution in [0, 0.1) is 5.92 Å². The molecule has 1 aromatic rings. The van der Waals surface area contributed by atoms with E-state index in [1.54, 1.807) is 12.1 Å². The lowest BCUT2D eigenvalue weighted by atomic mass is 9.83. The highest BCUT2D eigenvalue weighted by Crippen LogP contribution is 2.33. The standard InChI is InChI=1S/C15H24N2O2S/c1-17(13-8-4-3-7-12(13)11-16)14-9-5-6-10-15(14)20(2,18)19/h5-6,9-10,12-13H,3-4,7-8,11,16H2,1-2H3. The number of anilines is 1. The van der Waals surface area contributed by atoms with Crippen molar-refractivity contribution in [1.29, 1.82) is 0 Å². The lowest BCUT2D eigenvalue weighted by molar-refractivity contribution is 0.306. The van der Waals surface area contributed by atoms with Gasteiger partial charge in [0.25, 0.3) is 0 Å². The van der Waals surface area contributed by atoms with Crippen LogP contribution in [0.15, 0.2) is 29.2 Å². The van der Waals surface area contributed by atoms with Crippen molar-refractivity contribution in [2.24, 2.45) is 11.7 Å². The lowest BCUT2D eigenvalue weighted by Crippen LogP contribution is -2.43. The summed E-state index contributed by atoms with van der Waals surface area (Å²) in [5, 5.41) is 0. The molecule has 2 N–H and O–H groups in total. The van der Waals surface area contributed by atoms with Crippen molar-refractivity contribution in [3.63, 3.8) is 0 Å². The summed E-state index contributed by atoms with van der Waals surface area (Å²) >= 11 is 0. The van der Waals surface area contributed by atoms with Crippen molar-refractivity contribution in [2.75, 3.05) is 24.7 Å². The summed E-state index contributed by atoms with van der Waals surface area (Å²) in [5.41, 5.74) is 6.68. The zero-order valence-electron chi connectivity index (χ0n) is 12.2. The van der Waals surface area contributed by atoms with Gasteiger partial charge in [-0.15, -0.1) is 0 Å². The minimum absolute atomic E-state index is 0.330. The van der Waals surface area contributed by atoms with Gasteiger partial charge >= 0.3 is 0 Å². The summed E-state index contributed by atoms with van der Waals surface area (Å²) in [4.78, 5) is 2.52. The Bertz CT molecular complexity index is 557. The van der Waals surface area contributed by atoms with Gasteiger partial charge in [0, 0.05) is 19.3 Å². The van der Waals surface area contributed by atoms with E-state index in [1.807, 2.05) is 19.2 Å². The van der Waals surface area contributed by atoms with E-state index in [9.17, 15) is 8.42 Å². The molecular formula is C15H24N2O2S. The third-order valence-corrected chi connectivity index (χ3v) is 5.46. The molecule has 4 nitrogen and oxygen atoms in total. The molecule has 2 unspecified atom stereocenters. The zero-order chi connectivity index (χ0) is 14.8. The molecule has 1 aliphatic carbocycles. The van der Waals surface area contributed by atoms with E-state index in [2.05, 4.69) is 4.90 Å². The minimum Gasteiger partial charge on any atom is -0.370 e. The first-order valence-corrected chi connectivity index (χ1v) is 9.06. The van der Waals surface area contributed by atoms with Crippen LogP contribution in [-0.4, -0.2) is 34.3 Å². The number of nitrogens with two attached hydrogens (primary N) is 1. The average molecular weight is 296 g/mol. The van der Waals surface area contributed by atoms with Gasteiger partial charge in [-0.25, -0.2) is 8.42 Å². The maximum absolute atomic E-state index is 11.9. The van der Waals surface area contributed by atoms with Gasteiger partial charge in [-0.2, -0.15) is 0 Å². The number of hydrogen-bond acceptors (Lipinski definition) is 4. The molecule has 1 fully saturated rings. The van der Waals surface area contributed by atoms with Gasteiger partial charge in [0.05, 0.1) is 10.6 Å². The van der Waals surface area contributed by atoms with Gasteiger partial charge in [0.1, 0.15) is 0 Å². The molecule has 1 saturated carbocycles. The van der Waals surface area contributed by atoms with Gasteiger partial charge in [-0.05, 0) is 37.4 Å². The van der Waals surface area contributed by atoms with Crippen LogP contribution in [0.25, 0.3) is 0 Å². The van der Waals surface area contributed by atoms with E-state index in [0.29, 0.717) is 23.4 Å². The maximum atomic E-state index is 11.9. The van der Waals surface area contributed by atoms with Crippen LogP contribution in [0.5, 0.6) is 0 Å². The quantitative estimate of drug-likeness (QED) is 0.923. The first-order chi connectivity index (χ1) is 9.45. The Kier molecular flexibility index (Phi) is 4.70. The third kappa shape index (κ3) is 3.15. The summed E-state index contributed by atoms with van der Waals surface area (Å²) in [5.74, 6) is 0.446. The highest BCUT2D eigenvalue weighted by molar-refractivity contribution is 7.90. The van der Waals surface area contributed by atoms with Crippen molar-refractivity contribution in [3.8, 4) is 0 Å². The van der Waals surface area contributed by atoms with Crippen LogP contribution < -0.4 is 10.6 Å². The van der Waals surface area contributed by atoms with Crippen LogP contribution in [0.2, 0.25) is 0 Å². The molecule has 0 bridgehead atoms. The van der Waals surface area contributed by atoms with E-state index in [-0.39, 0.29) is 0 Å². The molecule has 5 heteroatoms. The van der Waals surface area contributed by atoms with Crippen LogP contribution in [0.3, 0.4) is 0 Å². The first-order valence-electron chi connectivity index (χ1n) is 7.17. The highest BCUT2D eigenvalue weighted by Gasteiger charge is 2.29. The summed E-state index contributed by atoms with van der Waals surface area (Å²) in [7, 11) is -1.23. The fourth-order valence-electron chi connectivity index (χ4n) is 3.21. The van der Waals surface area contributed by atoms with Crippen molar-refractivity contribution in [1.82, 2.24) is 0 Å². The van der Waals surface area contributed by atoms with Gasteiger partial charge in [-0.3, -0.25) is 0 Å². The van der Waals surface area contributed by atoms with Crippen molar-refractivity contribution < 1.29 is 8.42 Å². The second-order valence-electron chi connectivity index (χ2n) is 5.70. The van der Waals surface area contributed by atoms with E-state index in [4.69, 9.17) is 5.73 Å². The Morgan fingerprint density at radius 3 is 2.55 bits per heavy atom. The maximum Gasteiger partial charge on any atom is 0.177 e. The Hall–Kier alpha value is -1.07. The Balaban J connectivity index is 2.35. The van der Waals surface area contributed by atoms with Crippen LogP contribution in [0.4, 0.5) is 5.69 Å². The predicted octanol–water partition coefficient (Wildman–Crippen LogP) is 2.04. The number of sulfone groups is 1. The van der Waals surface area contributed by atoms with Crippen LogP contribution in [0.1, 0.15) is 25.7 Å². The lowest BCUT2D eigenvalue weighted by Gasteiger charge is -2.39. The molecule has 20 heavy (non-hydrogen) atoms. The second kappa shape index (κ2) is 6.14. The summed E-state index contributed by atoms with van der Waals surface area (Å²) in [6.45, 7) is 0.663. The topological polar surface area (TPSA) is 63.4 Å². The molecule has 0 heterocycles. The largest absolute Gasteiger partial charge is 0.370 e. The van der Waals surface area contributed by atoms with E-state index in [1.165, 1.54) is 19.1 Å². The summed E-state index contributed by atoms with van der Waals surface area (Å²) in [6.07, 6.45) is 5.89. The molecular weight excluding hydrogens is 272 g/mol. The highest BCUT2D eigenvalue weighted by atomic mass is 32.2. The van der Waals surface area contributed by atoms with Crippen LogP contribution >= 0.6 is 0 Å². The number of benzene rings is 1. The van der Waals surface area contributed by atoms with Gasteiger partial charge in [0.15, 0.2) is 9.84 Å². The molecule has 2 rings (SSSR count). The molecule has 112 valence electrons. The second-order valence-corrected chi connectivity index (χ2v) is 7.68. The molecule has 0 saturated heterocycles. The van der Waals surface area contributed by atoms with Gasteiger partial charge in [0.2, 0.25) is 0 Å². The summed E-state index contributed by atoms with van der Waals surface area (Å²) < 4.78 is 23.9. The Morgan fingerprint density at radius 1 is 1.25 bits per heavy atom. The molecule has 0 amide bonds. The number of hydrogen-bond donors (Lipinski definition) is 1. The Labute approximate surface area is 121 Å². The van der Waals surface area contributed by atoms with Gasteiger partial charge < -0.3 is 10.6 Å². The van der Waals surface area contributed by atoms with Crippen molar-refractivity contribution in [2.45, 2.75) is 36.6 Å². The SMILES string of the molecule is CN(c1ccccc1S(C)(=O)=O)C1CCCCC1CN. The number of rotatable bonds is 4. The van der Waals surface area contributed by atoms with Crippen molar-refractivity contribution in [3.05, 3.63) is 24.3 Å². The average Bonchev–Trinajstić information content (AvgIpc) is 2.45. The molecule has 0 spiro atoms. The van der Waals surface area contributed by atoms with E-state index < -0.39 is 9.84 Å².